The van der Waals surface area contributed by atoms with Crippen LogP contribution in [0.15, 0.2) is 65.6 Å². The van der Waals surface area contributed by atoms with Gasteiger partial charge in [-0.15, -0.1) is 0 Å². The summed E-state index contributed by atoms with van der Waals surface area (Å²) < 4.78 is 28.2. The number of benzene rings is 2. The van der Waals surface area contributed by atoms with E-state index < -0.39 is 45.4 Å². The lowest BCUT2D eigenvalue weighted by molar-refractivity contribution is -0.153. The Morgan fingerprint density at radius 3 is 2.03 bits per heavy atom. The Labute approximate surface area is 220 Å². The normalized spacial score (nSPS) is 14.8. The summed E-state index contributed by atoms with van der Waals surface area (Å²) >= 11 is 0. The SMILES string of the molecule is CC(C)CCN(C[C@@H](O)[C@H](Cc1ccccc1)NC(=O)[C@H](C)C(C)(C)C(=O)O)S(=O)(=O)c1ccccc1. The van der Waals surface area contributed by atoms with Crippen LogP contribution < -0.4 is 5.32 Å². The van der Waals surface area contributed by atoms with Crippen LogP contribution in [-0.2, 0) is 26.0 Å². The largest absolute Gasteiger partial charge is 0.481 e. The average molecular weight is 533 g/mol. The third-order valence-electron chi connectivity index (χ3n) is 6.85. The summed E-state index contributed by atoms with van der Waals surface area (Å²) in [4.78, 5) is 24.9. The summed E-state index contributed by atoms with van der Waals surface area (Å²) in [7, 11) is -3.89. The van der Waals surface area contributed by atoms with Crippen LogP contribution in [0.25, 0.3) is 0 Å². The summed E-state index contributed by atoms with van der Waals surface area (Å²) in [6.07, 6.45) is -0.398. The minimum absolute atomic E-state index is 0.131. The molecule has 2 aromatic rings. The summed E-state index contributed by atoms with van der Waals surface area (Å²) in [5.74, 6) is -2.28. The van der Waals surface area contributed by atoms with Gasteiger partial charge in [0, 0.05) is 13.1 Å². The van der Waals surface area contributed by atoms with Crippen molar-refractivity contribution in [1.29, 1.82) is 0 Å². The molecule has 0 aromatic heterocycles. The van der Waals surface area contributed by atoms with Crippen molar-refractivity contribution in [2.24, 2.45) is 17.3 Å². The van der Waals surface area contributed by atoms with E-state index in [2.05, 4.69) is 5.32 Å². The number of carboxylic acids is 1. The number of aliphatic carboxylic acids is 1. The van der Waals surface area contributed by atoms with Crippen LogP contribution in [0.5, 0.6) is 0 Å². The van der Waals surface area contributed by atoms with Crippen LogP contribution in [0.2, 0.25) is 0 Å². The summed E-state index contributed by atoms with van der Waals surface area (Å²) in [5.41, 5.74) is -0.483. The highest BCUT2D eigenvalue weighted by Gasteiger charge is 2.40. The summed E-state index contributed by atoms with van der Waals surface area (Å²) in [6, 6.07) is 16.5. The minimum atomic E-state index is -3.89. The number of hydrogen-bond donors (Lipinski definition) is 3. The van der Waals surface area contributed by atoms with Gasteiger partial charge in [0.25, 0.3) is 0 Å². The molecule has 0 spiro atoms. The molecule has 2 rings (SSSR count). The maximum Gasteiger partial charge on any atom is 0.309 e. The molecule has 3 N–H and O–H groups in total. The fourth-order valence-electron chi connectivity index (χ4n) is 3.76. The standard InChI is InChI=1S/C28H40N2O6S/c1-20(2)16-17-30(37(35,36)23-14-10-7-11-15-23)19-25(31)24(18-22-12-8-6-9-13-22)29-26(32)21(3)28(4,5)27(33)34/h6-15,20-21,24-25,31H,16-19H2,1-5H3,(H,29,32)(H,33,34)/t21-,24-,25+/m0/s1. The molecule has 204 valence electrons. The number of rotatable bonds is 14. The minimum Gasteiger partial charge on any atom is -0.481 e. The fraction of sp³-hybridized carbons (Fsp3) is 0.500. The number of nitrogens with zero attached hydrogens (tertiary/aromatic N) is 1. The second-order valence-corrected chi connectivity index (χ2v) is 12.4. The van der Waals surface area contributed by atoms with Crippen molar-refractivity contribution >= 4 is 21.9 Å². The van der Waals surface area contributed by atoms with Crippen LogP contribution in [0.3, 0.4) is 0 Å². The number of sulfonamides is 1. The van der Waals surface area contributed by atoms with Gasteiger partial charge in [0.05, 0.1) is 28.4 Å². The molecule has 0 heterocycles. The molecule has 0 aliphatic carbocycles. The second-order valence-electron chi connectivity index (χ2n) is 10.5. The van der Waals surface area contributed by atoms with Gasteiger partial charge in [-0.05, 0) is 50.3 Å². The molecule has 0 unspecified atom stereocenters. The molecule has 0 bridgehead atoms. The highest BCUT2D eigenvalue weighted by Crippen LogP contribution is 2.27. The van der Waals surface area contributed by atoms with Crippen LogP contribution in [0, 0.1) is 17.3 Å². The highest BCUT2D eigenvalue weighted by molar-refractivity contribution is 7.89. The molecule has 0 fully saturated rings. The predicted octanol–water partition coefficient (Wildman–Crippen LogP) is 3.56. The molecule has 2 aromatic carbocycles. The molecule has 0 saturated heterocycles. The number of aliphatic hydroxyl groups excluding tert-OH is 1. The molecule has 9 heteroatoms. The van der Waals surface area contributed by atoms with Crippen LogP contribution in [0.4, 0.5) is 0 Å². The Morgan fingerprint density at radius 2 is 1.51 bits per heavy atom. The molecule has 0 saturated carbocycles. The quantitative estimate of drug-likeness (QED) is 0.342. The van der Waals surface area contributed by atoms with Crippen LogP contribution in [-0.4, -0.2) is 60.0 Å². The highest BCUT2D eigenvalue weighted by atomic mass is 32.2. The van der Waals surface area contributed by atoms with Crippen molar-refractivity contribution in [3.8, 4) is 0 Å². The van der Waals surface area contributed by atoms with E-state index in [-0.39, 0.29) is 30.3 Å². The Morgan fingerprint density at radius 1 is 0.973 bits per heavy atom. The Hall–Kier alpha value is -2.75. The number of amides is 1. The molecule has 3 atom stereocenters. The number of hydrogen-bond acceptors (Lipinski definition) is 5. The van der Waals surface area contributed by atoms with Gasteiger partial charge < -0.3 is 15.5 Å². The lowest BCUT2D eigenvalue weighted by atomic mass is 9.79. The zero-order valence-corrected chi connectivity index (χ0v) is 23.1. The Kier molecular flexibility index (Phi) is 10.8. The van der Waals surface area contributed by atoms with Crippen molar-refractivity contribution in [3.63, 3.8) is 0 Å². The topological polar surface area (TPSA) is 124 Å². The van der Waals surface area contributed by atoms with E-state index in [1.54, 1.807) is 18.2 Å². The van der Waals surface area contributed by atoms with Crippen molar-refractivity contribution < 1.29 is 28.2 Å². The molecule has 0 aliphatic rings. The van der Waals surface area contributed by atoms with Crippen molar-refractivity contribution in [1.82, 2.24) is 9.62 Å². The maximum atomic E-state index is 13.5. The number of nitrogens with one attached hydrogen (secondary N) is 1. The number of carboxylic acid groups (broad SMARTS) is 1. The molecule has 37 heavy (non-hydrogen) atoms. The van der Waals surface area contributed by atoms with E-state index in [9.17, 15) is 28.2 Å². The first-order valence-electron chi connectivity index (χ1n) is 12.6. The Balaban J connectivity index is 2.35. The van der Waals surface area contributed by atoms with Crippen molar-refractivity contribution in [2.45, 2.75) is 64.5 Å². The van der Waals surface area contributed by atoms with E-state index in [0.29, 0.717) is 6.42 Å². The monoisotopic (exact) mass is 532 g/mol. The second kappa shape index (κ2) is 13.2. The zero-order chi connectivity index (χ0) is 27.8. The van der Waals surface area contributed by atoms with Crippen molar-refractivity contribution in [3.05, 3.63) is 66.2 Å². The molecule has 0 radical (unpaired) electrons. The number of carbonyl (C=O) groups is 2. The van der Waals surface area contributed by atoms with Gasteiger partial charge >= 0.3 is 5.97 Å². The number of aliphatic hydroxyl groups is 1. The first-order valence-corrected chi connectivity index (χ1v) is 14.0. The maximum absolute atomic E-state index is 13.5. The number of carbonyl (C=O) groups excluding carboxylic acids is 1. The fourth-order valence-corrected chi connectivity index (χ4v) is 5.26. The van der Waals surface area contributed by atoms with Gasteiger partial charge in [0.15, 0.2) is 0 Å². The molecule has 8 nitrogen and oxygen atoms in total. The van der Waals surface area contributed by atoms with Gasteiger partial charge in [-0.25, -0.2) is 8.42 Å². The molecule has 0 aliphatic heterocycles. The van der Waals surface area contributed by atoms with Crippen molar-refractivity contribution in [2.75, 3.05) is 13.1 Å². The predicted molar refractivity (Wildman–Crippen MR) is 143 cm³/mol. The molecule has 1 amide bonds. The lowest BCUT2D eigenvalue weighted by Gasteiger charge is -2.32. The van der Waals surface area contributed by atoms with E-state index in [1.165, 1.54) is 37.2 Å². The van der Waals surface area contributed by atoms with Gasteiger partial charge in [0.2, 0.25) is 15.9 Å². The van der Waals surface area contributed by atoms with E-state index in [1.807, 2.05) is 44.2 Å². The lowest BCUT2D eigenvalue weighted by Crippen LogP contribution is -2.53. The van der Waals surface area contributed by atoms with E-state index in [0.717, 1.165) is 5.56 Å². The molecular weight excluding hydrogens is 492 g/mol. The smallest absolute Gasteiger partial charge is 0.309 e. The third-order valence-corrected chi connectivity index (χ3v) is 8.72. The van der Waals surface area contributed by atoms with Gasteiger partial charge in [-0.2, -0.15) is 4.31 Å². The van der Waals surface area contributed by atoms with Gasteiger partial charge in [0.1, 0.15) is 0 Å². The van der Waals surface area contributed by atoms with Crippen LogP contribution in [0.1, 0.15) is 46.6 Å². The van der Waals surface area contributed by atoms with Gasteiger partial charge in [-0.3, -0.25) is 9.59 Å². The van der Waals surface area contributed by atoms with Crippen LogP contribution >= 0.6 is 0 Å². The third kappa shape index (κ3) is 8.38. The van der Waals surface area contributed by atoms with E-state index >= 15 is 0 Å². The first-order chi connectivity index (χ1) is 17.3. The summed E-state index contributed by atoms with van der Waals surface area (Å²) in [6.45, 7) is 8.45. The Bertz CT molecular complexity index is 1120. The van der Waals surface area contributed by atoms with Gasteiger partial charge in [-0.1, -0.05) is 69.3 Å². The first kappa shape index (κ1) is 30.5. The summed E-state index contributed by atoms with van der Waals surface area (Å²) in [5, 5.41) is 23.7. The van der Waals surface area contributed by atoms with E-state index in [4.69, 9.17) is 0 Å². The molecular formula is C28H40N2O6S. The average Bonchev–Trinajstić information content (AvgIpc) is 2.86. The zero-order valence-electron chi connectivity index (χ0n) is 22.3.